The largest absolute Gasteiger partial charge is 0.495 e. The van der Waals surface area contributed by atoms with Crippen molar-refractivity contribution in [2.75, 3.05) is 30.5 Å². The van der Waals surface area contributed by atoms with Crippen LogP contribution in [0.4, 0.5) is 16.2 Å². The van der Waals surface area contributed by atoms with Crippen LogP contribution in [0.5, 0.6) is 5.75 Å². The SMILES string of the molecule is COc1ccc(C(Cc2ccc(NC(=O)c3c(Cl)cccc3Cl)cc2)C(=O)N2C(=O)OCC2Cc2ccccc2)cc1N(CC(C)C)C(=O)C(C)(C)C. The minimum absolute atomic E-state index is 0.0755. The minimum atomic E-state index is -0.850. The molecule has 1 saturated heterocycles. The molecule has 1 aliphatic heterocycles. The first-order valence-corrected chi connectivity index (χ1v) is 18.3. The monoisotopic (exact) mass is 757 g/mol. The van der Waals surface area contributed by atoms with Gasteiger partial charge in [-0.15, -0.1) is 0 Å². The summed E-state index contributed by atoms with van der Waals surface area (Å²) in [5.41, 5.74) is 2.86. The quantitative estimate of drug-likeness (QED) is 0.155. The second kappa shape index (κ2) is 16.9. The molecule has 53 heavy (non-hydrogen) atoms. The number of imide groups is 1. The number of hydrogen-bond acceptors (Lipinski definition) is 6. The summed E-state index contributed by atoms with van der Waals surface area (Å²) in [6.07, 6.45) is -0.0605. The van der Waals surface area contributed by atoms with Crippen LogP contribution in [0.2, 0.25) is 10.0 Å². The number of nitrogens with one attached hydrogen (secondary N) is 1. The lowest BCUT2D eigenvalue weighted by Gasteiger charge is -2.33. The summed E-state index contributed by atoms with van der Waals surface area (Å²) in [6, 6.07) is 26.5. The molecule has 0 aliphatic carbocycles. The normalized spacial score (nSPS) is 14.8. The molecule has 1 aliphatic rings. The lowest BCUT2D eigenvalue weighted by Crippen LogP contribution is -2.43. The van der Waals surface area contributed by atoms with Crippen molar-refractivity contribution in [2.45, 2.75) is 59.4 Å². The van der Waals surface area contributed by atoms with E-state index in [1.807, 2.05) is 83.1 Å². The number of halogens is 2. The molecule has 0 radical (unpaired) electrons. The molecule has 1 heterocycles. The standard InChI is InChI=1S/C42H45Cl2N3O6/c1-26(2)24-46(40(50)42(3,4)5)35-23-29(17-20-36(35)52-6)32(39(49)47-31(25-53-41(47)51)21-27-11-8-7-9-12-27)22-28-15-18-30(19-16-28)45-38(48)37-33(43)13-10-14-34(37)44/h7-20,23,26,31-32H,21-22,24-25H2,1-6H3,(H,45,48). The first-order chi connectivity index (χ1) is 25.2. The number of anilines is 2. The highest BCUT2D eigenvalue weighted by Gasteiger charge is 2.42. The molecule has 0 spiro atoms. The summed E-state index contributed by atoms with van der Waals surface area (Å²) in [4.78, 5) is 57.9. The van der Waals surface area contributed by atoms with Gasteiger partial charge in [0.1, 0.15) is 12.4 Å². The van der Waals surface area contributed by atoms with Crippen LogP contribution in [0, 0.1) is 11.3 Å². The highest BCUT2D eigenvalue weighted by atomic mass is 35.5. The van der Waals surface area contributed by atoms with Crippen molar-refractivity contribution in [3.63, 3.8) is 0 Å². The third-order valence-electron chi connectivity index (χ3n) is 8.98. The van der Waals surface area contributed by atoms with E-state index in [0.717, 1.165) is 11.1 Å². The number of rotatable bonds is 12. The lowest BCUT2D eigenvalue weighted by atomic mass is 9.88. The molecular formula is C42H45Cl2N3O6. The van der Waals surface area contributed by atoms with Gasteiger partial charge in [-0.2, -0.15) is 0 Å². The summed E-state index contributed by atoms with van der Waals surface area (Å²) in [5, 5.41) is 3.29. The Hall–Kier alpha value is -4.86. The van der Waals surface area contributed by atoms with Crippen molar-refractivity contribution in [1.82, 2.24) is 4.90 Å². The molecule has 5 rings (SSSR count). The van der Waals surface area contributed by atoms with Gasteiger partial charge in [-0.05, 0) is 71.8 Å². The second-order valence-corrected chi connectivity index (χ2v) is 15.4. The predicted molar refractivity (Wildman–Crippen MR) is 209 cm³/mol. The van der Waals surface area contributed by atoms with Crippen molar-refractivity contribution in [3.05, 3.63) is 123 Å². The maximum absolute atomic E-state index is 14.7. The number of amides is 4. The van der Waals surface area contributed by atoms with E-state index in [4.69, 9.17) is 32.7 Å². The Kier molecular flexibility index (Phi) is 12.5. The molecular weight excluding hydrogens is 713 g/mol. The zero-order valence-electron chi connectivity index (χ0n) is 30.8. The van der Waals surface area contributed by atoms with Crippen molar-refractivity contribution in [1.29, 1.82) is 0 Å². The third kappa shape index (κ3) is 9.39. The maximum Gasteiger partial charge on any atom is 0.417 e. The number of carbonyl (C=O) groups excluding carboxylic acids is 4. The number of cyclic esters (lactones) is 1. The van der Waals surface area contributed by atoms with Gasteiger partial charge in [0.2, 0.25) is 11.8 Å². The average Bonchev–Trinajstić information content (AvgIpc) is 3.48. The van der Waals surface area contributed by atoms with Gasteiger partial charge in [-0.1, -0.05) is 112 Å². The van der Waals surface area contributed by atoms with Crippen LogP contribution in [-0.4, -0.2) is 55.0 Å². The van der Waals surface area contributed by atoms with E-state index < -0.39 is 35.3 Å². The van der Waals surface area contributed by atoms with Gasteiger partial charge in [0.05, 0.1) is 40.4 Å². The van der Waals surface area contributed by atoms with Gasteiger partial charge < -0.3 is 19.7 Å². The van der Waals surface area contributed by atoms with Crippen LogP contribution in [-0.2, 0) is 27.2 Å². The van der Waals surface area contributed by atoms with Crippen molar-refractivity contribution in [3.8, 4) is 5.75 Å². The number of carbonyl (C=O) groups is 4. The van der Waals surface area contributed by atoms with Crippen LogP contribution >= 0.6 is 23.2 Å². The molecule has 9 nitrogen and oxygen atoms in total. The summed E-state index contributed by atoms with van der Waals surface area (Å²) in [7, 11) is 1.55. The number of nitrogens with zero attached hydrogens (tertiary/aromatic N) is 2. The maximum atomic E-state index is 14.7. The molecule has 11 heteroatoms. The van der Waals surface area contributed by atoms with Gasteiger partial charge in [-0.3, -0.25) is 14.4 Å². The first-order valence-electron chi connectivity index (χ1n) is 17.6. The van der Waals surface area contributed by atoms with Crippen LogP contribution in [0.1, 0.15) is 67.6 Å². The van der Waals surface area contributed by atoms with Gasteiger partial charge in [0, 0.05) is 17.6 Å². The van der Waals surface area contributed by atoms with Crippen molar-refractivity contribution in [2.24, 2.45) is 11.3 Å². The molecule has 1 fully saturated rings. The van der Waals surface area contributed by atoms with E-state index in [-0.39, 0.29) is 40.5 Å². The summed E-state index contributed by atoms with van der Waals surface area (Å²) >= 11 is 12.5. The van der Waals surface area contributed by atoms with E-state index in [2.05, 4.69) is 5.32 Å². The smallest absolute Gasteiger partial charge is 0.417 e. The van der Waals surface area contributed by atoms with E-state index in [1.165, 1.54) is 4.90 Å². The van der Waals surface area contributed by atoms with Gasteiger partial charge in [0.25, 0.3) is 5.91 Å². The van der Waals surface area contributed by atoms with E-state index in [9.17, 15) is 19.2 Å². The molecule has 4 amide bonds. The Labute approximate surface area is 321 Å². The molecule has 0 aromatic heterocycles. The van der Waals surface area contributed by atoms with E-state index >= 15 is 0 Å². The van der Waals surface area contributed by atoms with Crippen LogP contribution in [0.15, 0.2) is 91.0 Å². The molecule has 4 aromatic rings. The highest BCUT2D eigenvalue weighted by molar-refractivity contribution is 6.40. The van der Waals surface area contributed by atoms with Gasteiger partial charge >= 0.3 is 6.09 Å². The Morgan fingerprint density at radius 1 is 0.925 bits per heavy atom. The second-order valence-electron chi connectivity index (χ2n) is 14.6. The first kappa shape index (κ1) is 39.3. The Bertz CT molecular complexity index is 1940. The number of hydrogen-bond donors (Lipinski definition) is 1. The topological polar surface area (TPSA) is 105 Å². The van der Waals surface area contributed by atoms with Crippen molar-refractivity contribution >= 4 is 58.4 Å². The Balaban J connectivity index is 1.53. The number of benzene rings is 4. The van der Waals surface area contributed by atoms with Gasteiger partial charge in [0.15, 0.2) is 0 Å². The molecule has 278 valence electrons. The fourth-order valence-electron chi connectivity index (χ4n) is 6.35. The van der Waals surface area contributed by atoms with Gasteiger partial charge in [-0.25, -0.2) is 9.69 Å². The molecule has 2 atom stereocenters. The Morgan fingerprint density at radius 3 is 2.19 bits per heavy atom. The average molecular weight is 759 g/mol. The van der Waals surface area contributed by atoms with Crippen LogP contribution in [0.3, 0.4) is 0 Å². The summed E-state index contributed by atoms with van der Waals surface area (Å²) in [6.45, 7) is 10.2. The van der Waals surface area contributed by atoms with Crippen LogP contribution < -0.4 is 15.0 Å². The number of methoxy groups -OCH3 is 1. The zero-order chi connectivity index (χ0) is 38.4. The molecule has 0 bridgehead atoms. The molecule has 2 unspecified atom stereocenters. The molecule has 1 N–H and O–H groups in total. The molecule has 0 saturated carbocycles. The summed E-state index contributed by atoms with van der Waals surface area (Å²) in [5.74, 6) is -1.20. The van der Waals surface area contributed by atoms with E-state index in [1.54, 1.807) is 54.5 Å². The third-order valence-corrected chi connectivity index (χ3v) is 9.61. The lowest BCUT2D eigenvalue weighted by molar-refractivity contribution is -0.130. The Morgan fingerprint density at radius 2 is 1.58 bits per heavy atom. The fourth-order valence-corrected chi connectivity index (χ4v) is 6.92. The number of ether oxygens (including phenoxy) is 2. The molecule has 4 aromatic carbocycles. The summed E-state index contributed by atoms with van der Waals surface area (Å²) < 4.78 is 11.2. The van der Waals surface area contributed by atoms with Crippen LogP contribution in [0.25, 0.3) is 0 Å². The van der Waals surface area contributed by atoms with E-state index in [0.29, 0.717) is 35.7 Å². The fraction of sp³-hybridized carbons (Fsp3) is 0.333. The van der Waals surface area contributed by atoms with Crippen molar-refractivity contribution < 1.29 is 28.7 Å². The zero-order valence-corrected chi connectivity index (χ0v) is 32.3. The predicted octanol–water partition coefficient (Wildman–Crippen LogP) is 9.21. The minimum Gasteiger partial charge on any atom is -0.495 e. The highest BCUT2D eigenvalue weighted by Crippen LogP contribution is 2.37.